The molecule has 0 saturated carbocycles. The molecular formula is C29H26N2O5. The molecule has 7 heteroatoms. The van der Waals surface area contributed by atoms with E-state index in [0.29, 0.717) is 11.3 Å². The van der Waals surface area contributed by atoms with Gasteiger partial charge in [0.1, 0.15) is 5.75 Å². The van der Waals surface area contributed by atoms with Crippen molar-refractivity contribution in [2.75, 3.05) is 6.61 Å². The largest absolute Gasteiger partial charge is 0.482 e. The molecule has 0 saturated heterocycles. The maximum atomic E-state index is 12.7. The molecule has 0 bridgehead atoms. The third-order valence-corrected chi connectivity index (χ3v) is 5.70. The van der Waals surface area contributed by atoms with Crippen LogP contribution in [-0.4, -0.2) is 28.6 Å². The first-order chi connectivity index (χ1) is 17.5. The van der Waals surface area contributed by atoms with Crippen molar-refractivity contribution in [2.45, 2.75) is 18.9 Å². The van der Waals surface area contributed by atoms with Gasteiger partial charge in [0.2, 0.25) is 5.91 Å². The highest BCUT2D eigenvalue weighted by molar-refractivity contribution is 5.78. The molecule has 1 heterocycles. The third-order valence-electron chi connectivity index (χ3n) is 5.70. The van der Waals surface area contributed by atoms with Crippen LogP contribution in [0, 0.1) is 0 Å². The van der Waals surface area contributed by atoms with Gasteiger partial charge in [-0.15, -0.1) is 0 Å². The predicted octanol–water partition coefficient (Wildman–Crippen LogP) is 3.88. The number of aliphatic carboxylic acids is 1. The standard InChI is InChI=1S/C29H26N2O5/c32-26(30-17-20-8-7-13-25(14-20)36-19-27(33)34)16-23-15-24(18-31-29(23)35)28(21-9-3-1-4-10-21)22-11-5-2-6-12-22/h1-15,18,28H,16-17,19H2,(H,30,32)(H,31,35)(H,33,34). The molecule has 7 nitrogen and oxygen atoms in total. The van der Waals surface area contributed by atoms with E-state index in [9.17, 15) is 14.4 Å². The van der Waals surface area contributed by atoms with Crippen molar-refractivity contribution < 1.29 is 19.4 Å². The lowest BCUT2D eigenvalue weighted by Gasteiger charge is -2.19. The van der Waals surface area contributed by atoms with E-state index >= 15 is 0 Å². The number of H-pyrrole nitrogens is 1. The molecule has 4 rings (SSSR count). The molecule has 36 heavy (non-hydrogen) atoms. The number of aromatic amines is 1. The van der Waals surface area contributed by atoms with Crippen LogP contribution < -0.4 is 15.6 Å². The Morgan fingerprint density at radius 2 is 1.53 bits per heavy atom. The quantitative estimate of drug-likeness (QED) is 0.318. The number of carbonyl (C=O) groups excluding carboxylic acids is 1. The average molecular weight is 483 g/mol. The van der Waals surface area contributed by atoms with Crippen molar-refractivity contribution in [2.24, 2.45) is 0 Å². The summed E-state index contributed by atoms with van der Waals surface area (Å²) in [6.45, 7) is -0.223. The Morgan fingerprint density at radius 1 is 0.861 bits per heavy atom. The van der Waals surface area contributed by atoms with Crippen molar-refractivity contribution in [3.63, 3.8) is 0 Å². The number of benzene rings is 3. The monoisotopic (exact) mass is 482 g/mol. The van der Waals surface area contributed by atoms with E-state index in [1.807, 2.05) is 60.7 Å². The van der Waals surface area contributed by atoms with Gasteiger partial charge in [-0.05, 0) is 40.5 Å². The van der Waals surface area contributed by atoms with Gasteiger partial charge < -0.3 is 20.1 Å². The van der Waals surface area contributed by atoms with Crippen LogP contribution >= 0.6 is 0 Å². The first kappa shape index (κ1) is 24.5. The summed E-state index contributed by atoms with van der Waals surface area (Å²) in [6.07, 6.45) is 1.63. The van der Waals surface area contributed by atoms with E-state index in [1.54, 1.807) is 36.5 Å². The van der Waals surface area contributed by atoms with E-state index in [4.69, 9.17) is 9.84 Å². The Labute approximate surface area is 208 Å². The molecule has 0 aliphatic carbocycles. The van der Waals surface area contributed by atoms with E-state index in [2.05, 4.69) is 10.3 Å². The summed E-state index contributed by atoms with van der Waals surface area (Å²) in [5.74, 6) is -1.06. The van der Waals surface area contributed by atoms with E-state index in [1.165, 1.54) is 0 Å². The molecule has 0 unspecified atom stereocenters. The highest BCUT2D eigenvalue weighted by Gasteiger charge is 2.18. The van der Waals surface area contributed by atoms with Crippen LogP contribution in [-0.2, 0) is 22.6 Å². The Hall–Kier alpha value is -4.65. The number of amides is 1. The summed E-state index contributed by atoms with van der Waals surface area (Å²) in [4.78, 5) is 38.7. The number of aromatic nitrogens is 1. The normalized spacial score (nSPS) is 10.7. The van der Waals surface area contributed by atoms with Crippen molar-refractivity contribution in [3.8, 4) is 5.75 Å². The minimum Gasteiger partial charge on any atom is -0.482 e. The molecule has 0 aliphatic heterocycles. The van der Waals surface area contributed by atoms with Gasteiger partial charge in [0.25, 0.3) is 5.56 Å². The maximum absolute atomic E-state index is 12.7. The molecule has 3 aromatic carbocycles. The van der Waals surface area contributed by atoms with Crippen LogP contribution in [0.15, 0.2) is 102 Å². The number of carboxylic acid groups (broad SMARTS) is 1. The van der Waals surface area contributed by atoms with Crippen LogP contribution in [0.5, 0.6) is 5.75 Å². The molecule has 1 amide bonds. The Kier molecular flexibility index (Phi) is 7.93. The van der Waals surface area contributed by atoms with Gasteiger partial charge in [-0.3, -0.25) is 9.59 Å². The fourth-order valence-electron chi connectivity index (χ4n) is 4.04. The van der Waals surface area contributed by atoms with Crippen LogP contribution in [0.25, 0.3) is 0 Å². The lowest BCUT2D eigenvalue weighted by atomic mass is 9.85. The van der Waals surface area contributed by atoms with E-state index in [0.717, 1.165) is 22.3 Å². The zero-order chi connectivity index (χ0) is 25.3. The fraction of sp³-hybridized carbons (Fsp3) is 0.138. The van der Waals surface area contributed by atoms with Crippen molar-refractivity contribution in [1.82, 2.24) is 10.3 Å². The van der Waals surface area contributed by atoms with Crippen molar-refractivity contribution >= 4 is 11.9 Å². The number of carbonyl (C=O) groups is 2. The number of pyridine rings is 1. The number of hydrogen-bond donors (Lipinski definition) is 3. The number of hydrogen-bond acceptors (Lipinski definition) is 4. The minimum atomic E-state index is -1.07. The molecule has 1 aromatic heterocycles. The molecule has 0 radical (unpaired) electrons. The highest BCUT2D eigenvalue weighted by atomic mass is 16.5. The fourth-order valence-corrected chi connectivity index (χ4v) is 4.04. The lowest BCUT2D eigenvalue weighted by Crippen LogP contribution is -2.27. The van der Waals surface area contributed by atoms with Crippen LogP contribution in [0.3, 0.4) is 0 Å². The molecule has 3 N–H and O–H groups in total. The molecular weight excluding hydrogens is 456 g/mol. The van der Waals surface area contributed by atoms with Crippen molar-refractivity contribution in [3.05, 3.63) is 135 Å². The van der Waals surface area contributed by atoms with E-state index in [-0.39, 0.29) is 30.3 Å². The van der Waals surface area contributed by atoms with Gasteiger partial charge in [0.05, 0.1) is 6.42 Å². The first-order valence-electron chi connectivity index (χ1n) is 11.5. The van der Waals surface area contributed by atoms with E-state index < -0.39 is 12.6 Å². The summed E-state index contributed by atoms with van der Waals surface area (Å²) in [5, 5.41) is 11.6. The lowest BCUT2D eigenvalue weighted by molar-refractivity contribution is -0.139. The van der Waals surface area contributed by atoms with Gasteiger partial charge in [-0.2, -0.15) is 0 Å². The van der Waals surface area contributed by atoms with Crippen LogP contribution in [0.2, 0.25) is 0 Å². The van der Waals surface area contributed by atoms with Gasteiger partial charge >= 0.3 is 5.97 Å². The van der Waals surface area contributed by atoms with Gasteiger partial charge in [0, 0.05) is 24.2 Å². The second-order valence-electron chi connectivity index (χ2n) is 8.33. The number of ether oxygens (including phenoxy) is 1. The van der Waals surface area contributed by atoms with Crippen LogP contribution in [0.1, 0.15) is 33.7 Å². The molecule has 182 valence electrons. The zero-order valence-electron chi connectivity index (χ0n) is 19.5. The summed E-state index contributed by atoms with van der Waals surface area (Å²) in [6, 6.07) is 28.6. The number of nitrogens with one attached hydrogen (secondary N) is 2. The molecule has 0 atom stereocenters. The number of carboxylic acids is 1. The van der Waals surface area contributed by atoms with Gasteiger partial charge in [-0.25, -0.2) is 4.79 Å². The minimum absolute atomic E-state index is 0.0747. The summed E-state index contributed by atoms with van der Waals surface area (Å²) in [5.41, 5.74) is 3.87. The molecule has 0 spiro atoms. The zero-order valence-corrected chi connectivity index (χ0v) is 19.5. The van der Waals surface area contributed by atoms with Gasteiger partial charge in [0.15, 0.2) is 6.61 Å². The summed E-state index contributed by atoms with van der Waals surface area (Å²) >= 11 is 0. The molecule has 4 aromatic rings. The molecule has 0 fully saturated rings. The van der Waals surface area contributed by atoms with Crippen LogP contribution in [0.4, 0.5) is 0 Å². The summed E-state index contributed by atoms with van der Waals surface area (Å²) < 4.78 is 5.18. The highest BCUT2D eigenvalue weighted by Crippen LogP contribution is 2.31. The second kappa shape index (κ2) is 11.7. The average Bonchev–Trinajstić information content (AvgIpc) is 2.90. The summed E-state index contributed by atoms with van der Waals surface area (Å²) in [7, 11) is 0. The molecule has 0 aliphatic rings. The predicted molar refractivity (Wildman–Crippen MR) is 136 cm³/mol. The SMILES string of the molecule is O=C(O)COc1cccc(CNC(=O)Cc2cc(C(c3ccccc3)c3ccccc3)c[nH]c2=O)c1. The number of rotatable bonds is 10. The Bertz CT molecular complexity index is 1340. The maximum Gasteiger partial charge on any atom is 0.341 e. The third kappa shape index (κ3) is 6.48. The first-order valence-corrected chi connectivity index (χ1v) is 11.5. The topological polar surface area (TPSA) is 108 Å². The second-order valence-corrected chi connectivity index (χ2v) is 8.33. The Morgan fingerprint density at radius 3 is 2.17 bits per heavy atom. The smallest absolute Gasteiger partial charge is 0.341 e. The van der Waals surface area contributed by atoms with Crippen molar-refractivity contribution in [1.29, 1.82) is 0 Å². The van der Waals surface area contributed by atoms with Gasteiger partial charge in [-0.1, -0.05) is 72.8 Å². The Balaban J connectivity index is 1.49.